The molecule has 0 spiro atoms. The highest BCUT2D eigenvalue weighted by atomic mass is 16.5. The molecule has 0 radical (unpaired) electrons. The van der Waals surface area contributed by atoms with Gasteiger partial charge in [0.05, 0.1) is 0 Å². The Kier molecular flexibility index (Phi) is 5.84. The van der Waals surface area contributed by atoms with Crippen LogP contribution in [0.5, 0.6) is 5.75 Å². The fourth-order valence-electron chi connectivity index (χ4n) is 3.50. The second-order valence-electron chi connectivity index (χ2n) is 7.35. The Bertz CT molecular complexity index is 915. The van der Waals surface area contributed by atoms with E-state index < -0.39 is 0 Å². The molecule has 0 fully saturated rings. The summed E-state index contributed by atoms with van der Waals surface area (Å²) in [4.78, 5) is 14.0. The summed E-state index contributed by atoms with van der Waals surface area (Å²) in [5, 5.41) is 0. The number of hydrogen-bond donors (Lipinski definition) is 0. The van der Waals surface area contributed by atoms with Crippen molar-refractivity contribution in [3.63, 3.8) is 0 Å². The summed E-state index contributed by atoms with van der Waals surface area (Å²) in [5.41, 5.74) is 7.95. The highest BCUT2D eigenvalue weighted by molar-refractivity contribution is 5.79. The summed E-state index contributed by atoms with van der Waals surface area (Å²) in [6.07, 6.45) is 0.349. The van der Waals surface area contributed by atoms with Crippen LogP contribution >= 0.6 is 0 Å². The molecule has 0 aliphatic carbocycles. The van der Waals surface area contributed by atoms with E-state index in [0.29, 0.717) is 12.2 Å². The maximum absolute atomic E-state index is 11.7. The molecule has 0 saturated heterocycles. The van der Waals surface area contributed by atoms with E-state index in [-0.39, 0.29) is 5.97 Å². The number of esters is 1. The molecule has 0 unspecified atom stereocenters. The average molecular weight is 373 g/mol. The van der Waals surface area contributed by atoms with Gasteiger partial charge in [-0.2, -0.15) is 0 Å². The number of carbonyl (C=O) groups is 1. The second-order valence-corrected chi connectivity index (χ2v) is 7.35. The molecule has 144 valence electrons. The van der Waals surface area contributed by atoms with Gasteiger partial charge < -0.3 is 9.64 Å². The molecule has 0 aliphatic heterocycles. The molecule has 0 bridgehead atoms. The monoisotopic (exact) mass is 373 g/mol. The van der Waals surface area contributed by atoms with Crippen LogP contribution in [-0.4, -0.2) is 5.97 Å². The molecule has 3 rings (SSSR count). The second kappa shape index (κ2) is 8.30. The number of carbonyl (C=O) groups excluding carboxylic acids is 1. The van der Waals surface area contributed by atoms with Crippen LogP contribution in [0.4, 0.5) is 17.1 Å². The molecular weight excluding hydrogens is 346 g/mol. The molecule has 0 amide bonds. The molecule has 0 aromatic heterocycles. The van der Waals surface area contributed by atoms with Gasteiger partial charge in [-0.05, 0) is 86.3 Å². The molecular formula is C25H27NO2. The number of anilines is 3. The highest BCUT2D eigenvalue weighted by Crippen LogP contribution is 2.37. The van der Waals surface area contributed by atoms with E-state index >= 15 is 0 Å². The topological polar surface area (TPSA) is 29.5 Å². The van der Waals surface area contributed by atoms with Gasteiger partial charge in [0.1, 0.15) is 5.75 Å². The molecule has 3 heteroatoms. The third kappa shape index (κ3) is 4.61. The molecule has 28 heavy (non-hydrogen) atoms. The van der Waals surface area contributed by atoms with Crippen molar-refractivity contribution >= 4 is 23.0 Å². The van der Waals surface area contributed by atoms with Crippen molar-refractivity contribution in [1.29, 1.82) is 0 Å². The minimum atomic E-state index is -0.235. The third-order valence-corrected chi connectivity index (χ3v) is 4.53. The van der Waals surface area contributed by atoms with E-state index in [4.69, 9.17) is 4.74 Å². The molecule has 3 nitrogen and oxygen atoms in total. The van der Waals surface area contributed by atoms with Crippen LogP contribution in [0.1, 0.15) is 35.6 Å². The van der Waals surface area contributed by atoms with Gasteiger partial charge in [0, 0.05) is 29.5 Å². The number of hydrogen-bond acceptors (Lipinski definition) is 3. The normalized spacial score (nSPS) is 10.6. The summed E-state index contributed by atoms with van der Waals surface area (Å²) in [7, 11) is 0. The fourth-order valence-corrected chi connectivity index (χ4v) is 3.50. The van der Waals surface area contributed by atoms with Crippen LogP contribution in [0.15, 0.2) is 60.7 Å². The first kappa shape index (κ1) is 19.7. The molecule has 0 N–H and O–H groups in total. The predicted molar refractivity (Wildman–Crippen MR) is 116 cm³/mol. The lowest BCUT2D eigenvalue weighted by Gasteiger charge is -2.27. The van der Waals surface area contributed by atoms with Gasteiger partial charge in [0.15, 0.2) is 0 Å². The zero-order valence-electron chi connectivity index (χ0n) is 17.2. The SMILES string of the molecule is CCC(=O)Oc1cccc(N(c2cc(C)cc(C)c2)c2cc(C)cc(C)c2)c1. The van der Waals surface area contributed by atoms with Gasteiger partial charge in [-0.25, -0.2) is 0 Å². The standard InChI is InChI=1S/C25H27NO2/c1-6-25(27)28-24-9-7-8-21(16-24)26(22-12-17(2)10-18(3)13-22)23-14-19(4)11-20(5)15-23/h7-16H,6H2,1-5H3. The van der Waals surface area contributed by atoms with Crippen molar-refractivity contribution in [2.75, 3.05) is 4.90 Å². The quantitative estimate of drug-likeness (QED) is 0.368. The smallest absolute Gasteiger partial charge is 0.310 e. The largest absolute Gasteiger partial charge is 0.426 e. The maximum Gasteiger partial charge on any atom is 0.310 e. The summed E-state index contributed by atoms with van der Waals surface area (Å²) in [6.45, 7) is 10.2. The molecule has 3 aromatic rings. The van der Waals surface area contributed by atoms with Crippen LogP contribution in [0, 0.1) is 27.7 Å². The van der Waals surface area contributed by atoms with Gasteiger partial charge in [-0.15, -0.1) is 0 Å². The minimum absolute atomic E-state index is 0.235. The molecule has 3 aromatic carbocycles. The van der Waals surface area contributed by atoms with Crippen molar-refractivity contribution < 1.29 is 9.53 Å². The van der Waals surface area contributed by atoms with E-state index in [1.54, 1.807) is 6.92 Å². The number of nitrogens with zero attached hydrogens (tertiary/aromatic N) is 1. The number of benzene rings is 3. The maximum atomic E-state index is 11.7. The zero-order valence-corrected chi connectivity index (χ0v) is 17.2. The Morgan fingerprint density at radius 3 is 1.71 bits per heavy atom. The number of rotatable bonds is 5. The summed E-state index contributed by atoms with van der Waals surface area (Å²) >= 11 is 0. The fraction of sp³-hybridized carbons (Fsp3) is 0.240. The summed E-state index contributed by atoms with van der Waals surface area (Å²) in [6, 6.07) is 20.7. The Hall–Kier alpha value is -3.07. The minimum Gasteiger partial charge on any atom is -0.426 e. The summed E-state index contributed by atoms with van der Waals surface area (Å²) in [5.74, 6) is 0.324. The van der Waals surface area contributed by atoms with Gasteiger partial charge in [0.2, 0.25) is 0 Å². The zero-order chi connectivity index (χ0) is 20.3. The number of aryl methyl sites for hydroxylation is 4. The van der Waals surface area contributed by atoms with E-state index in [9.17, 15) is 4.79 Å². The van der Waals surface area contributed by atoms with Crippen molar-refractivity contribution in [2.45, 2.75) is 41.0 Å². The first-order chi connectivity index (χ1) is 13.4. The molecule has 0 atom stereocenters. The van der Waals surface area contributed by atoms with Gasteiger partial charge in [-0.1, -0.05) is 25.1 Å². The van der Waals surface area contributed by atoms with E-state index in [2.05, 4.69) is 69.0 Å². The van der Waals surface area contributed by atoms with Crippen molar-refractivity contribution in [3.8, 4) is 5.75 Å². The number of ether oxygens (including phenoxy) is 1. The van der Waals surface area contributed by atoms with Crippen LogP contribution in [0.25, 0.3) is 0 Å². The van der Waals surface area contributed by atoms with Gasteiger partial charge in [-0.3, -0.25) is 4.79 Å². The van der Waals surface area contributed by atoms with Crippen LogP contribution in [0.3, 0.4) is 0 Å². The Morgan fingerprint density at radius 2 is 1.25 bits per heavy atom. The Balaban J connectivity index is 2.16. The average Bonchev–Trinajstić information content (AvgIpc) is 2.60. The molecule has 0 aliphatic rings. The predicted octanol–water partition coefficient (Wildman–Crippen LogP) is 6.71. The van der Waals surface area contributed by atoms with E-state index in [0.717, 1.165) is 17.1 Å². The lowest BCUT2D eigenvalue weighted by Crippen LogP contribution is -2.12. The van der Waals surface area contributed by atoms with Crippen molar-refractivity contribution in [3.05, 3.63) is 82.9 Å². The van der Waals surface area contributed by atoms with Crippen LogP contribution in [-0.2, 0) is 4.79 Å². The van der Waals surface area contributed by atoms with Crippen LogP contribution in [0.2, 0.25) is 0 Å². The van der Waals surface area contributed by atoms with Crippen molar-refractivity contribution in [1.82, 2.24) is 0 Å². The molecule has 0 heterocycles. The van der Waals surface area contributed by atoms with E-state index in [1.807, 2.05) is 24.3 Å². The van der Waals surface area contributed by atoms with Gasteiger partial charge >= 0.3 is 5.97 Å². The first-order valence-electron chi connectivity index (χ1n) is 9.63. The third-order valence-electron chi connectivity index (χ3n) is 4.53. The van der Waals surface area contributed by atoms with E-state index in [1.165, 1.54) is 22.3 Å². The lowest BCUT2D eigenvalue weighted by atomic mass is 10.1. The van der Waals surface area contributed by atoms with Gasteiger partial charge in [0.25, 0.3) is 0 Å². The summed E-state index contributed by atoms with van der Waals surface area (Å²) < 4.78 is 5.46. The Morgan fingerprint density at radius 1 is 0.750 bits per heavy atom. The first-order valence-corrected chi connectivity index (χ1v) is 9.63. The van der Waals surface area contributed by atoms with Crippen LogP contribution < -0.4 is 9.64 Å². The lowest BCUT2D eigenvalue weighted by molar-refractivity contribution is -0.134. The van der Waals surface area contributed by atoms with Crippen molar-refractivity contribution in [2.24, 2.45) is 0 Å². The Labute approximate surface area is 167 Å². The molecule has 0 saturated carbocycles. The highest BCUT2D eigenvalue weighted by Gasteiger charge is 2.15.